The number of rotatable bonds is 2. The van der Waals surface area contributed by atoms with Gasteiger partial charge in [0, 0.05) is 11.1 Å². The third-order valence-corrected chi connectivity index (χ3v) is 4.13. The molecule has 0 saturated carbocycles. The number of aliphatic hydroxyl groups is 1. The van der Waals surface area contributed by atoms with Gasteiger partial charge >= 0.3 is 5.00 Å². The molecule has 1 aliphatic heterocycles. The second kappa shape index (κ2) is 5.02. The highest BCUT2D eigenvalue weighted by Crippen LogP contribution is 2.51. The summed E-state index contributed by atoms with van der Waals surface area (Å²) >= 11 is 6.21. The van der Waals surface area contributed by atoms with Crippen LogP contribution >= 0.6 is 11.6 Å². The highest BCUT2D eigenvalue weighted by atomic mass is 35.5. The number of benzene rings is 2. The lowest BCUT2D eigenvalue weighted by atomic mass is 9.90. The molecule has 0 aliphatic carbocycles. The first-order valence-corrected chi connectivity index (χ1v) is 6.75. The van der Waals surface area contributed by atoms with E-state index in [4.69, 9.17) is 16.3 Å². The van der Waals surface area contributed by atoms with Crippen molar-refractivity contribution in [3.8, 4) is 5.75 Å². The van der Waals surface area contributed by atoms with Gasteiger partial charge in [0.1, 0.15) is 5.75 Å². The van der Waals surface area contributed by atoms with Gasteiger partial charge in [0.25, 0.3) is 0 Å². The molecule has 0 unspecified atom stereocenters. The van der Waals surface area contributed by atoms with E-state index in [2.05, 4.69) is 0 Å². The van der Waals surface area contributed by atoms with Crippen LogP contribution in [-0.4, -0.2) is 15.0 Å². The number of para-hydroxylation sites is 1. The van der Waals surface area contributed by atoms with Crippen molar-refractivity contribution in [3.63, 3.8) is 0 Å². The fraction of sp³-hybridized carbons (Fsp3) is 0.200. The number of aliphatic hydroxyl groups excluding tert-OH is 1. The van der Waals surface area contributed by atoms with Crippen LogP contribution in [0.25, 0.3) is 0 Å². The first-order chi connectivity index (χ1) is 10.0. The van der Waals surface area contributed by atoms with Crippen LogP contribution in [0.1, 0.15) is 23.3 Å². The average Bonchev–Trinajstić information content (AvgIpc) is 2.51. The molecule has 0 fully saturated rings. The number of hydrogen-bond acceptors (Lipinski definition) is 4. The Balaban J connectivity index is 2.17. The number of halogens is 1. The SMILES string of the molecule is O=[N+]([O-])[C@]1(Cl)[C@@H](O)c2ccccc2O[C@H]1c1ccccc1. The molecule has 6 heteroatoms. The minimum absolute atomic E-state index is 0.316. The van der Waals surface area contributed by atoms with E-state index >= 15 is 0 Å². The Morgan fingerprint density at radius 1 is 1.14 bits per heavy atom. The summed E-state index contributed by atoms with van der Waals surface area (Å²) in [6, 6.07) is 15.3. The summed E-state index contributed by atoms with van der Waals surface area (Å²) in [6.07, 6.45) is -2.55. The second-order valence-electron chi connectivity index (χ2n) is 4.83. The minimum Gasteiger partial charge on any atom is -0.476 e. The van der Waals surface area contributed by atoms with Crippen molar-refractivity contribution in [2.45, 2.75) is 17.2 Å². The van der Waals surface area contributed by atoms with Crippen molar-refractivity contribution >= 4 is 11.6 Å². The van der Waals surface area contributed by atoms with Crippen LogP contribution in [0, 0.1) is 10.1 Å². The molecule has 2 aromatic rings. The summed E-state index contributed by atoms with van der Waals surface area (Å²) in [4.78, 5) is 8.66. The molecule has 2 aromatic carbocycles. The highest BCUT2D eigenvalue weighted by Gasteiger charge is 2.61. The molecular weight excluding hydrogens is 294 g/mol. The molecule has 0 saturated heterocycles. The van der Waals surface area contributed by atoms with Gasteiger partial charge in [-0.25, -0.2) is 0 Å². The van der Waals surface area contributed by atoms with E-state index in [0.29, 0.717) is 16.9 Å². The van der Waals surface area contributed by atoms with Gasteiger partial charge in [-0.1, -0.05) is 48.5 Å². The average molecular weight is 306 g/mol. The van der Waals surface area contributed by atoms with Gasteiger partial charge in [-0.05, 0) is 17.7 Å². The predicted octanol–water partition coefficient (Wildman–Crippen LogP) is 3.07. The van der Waals surface area contributed by atoms with Crippen LogP contribution in [0.3, 0.4) is 0 Å². The van der Waals surface area contributed by atoms with Gasteiger partial charge < -0.3 is 9.84 Å². The van der Waals surface area contributed by atoms with Gasteiger partial charge in [-0.3, -0.25) is 10.1 Å². The smallest absolute Gasteiger partial charge is 0.364 e. The van der Waals surface area contributed by atoms with Gasteiger partial charge in [-0.2, -0.15) is 0 Å². The third kappa shape index (κ3) is 2.05. The van der Waals surface area contributed by atoms with Gasteiger partial charge in [0.2, 0.25) is 6.10 Å². The maximum absolute atomic E-state index is 11.5. The number of hydrogen-bond donors (Lipinski definition) is 1. The summed E-state index contributed by atoms with van der Waals surface area (Å²) in [6.45, 7) is 0. The summed E-state index contributed by atoms with van der Waals surface area (Å²) in [5.41, 5.74) is 0.856. The molecule has 108 valence electrons. The first kappa shape index (κ1) is 13.9. The third-order valence-electron chi connectivity index (χ3n) is 3.59. The van der Waals surface area contributed by atoms with Crippen molar-refractivity contribution in [1.82, 2.24) is 0 Å². The lowest BCUT2D eigenvalue weighted by Crippen LogP contribution is -2.49. The highest BCUT2D eigenvalue weighted by molar-refractivity contribution is 6.23. The van der Waals surface area contributed by atoms with E-state index < -0.39 is 22.1 Å². The van der Waals surface area contributed by atoms with Crippen LogP contribution in [0.15, 0.2) is 54.6 Å². The Morgan fingerprint density at radius 3 is 2.43 bits per heavy atom. The van der Waals surface area contributed by atoms with Crippen LogP contribution in [0.5, 0.6) is 5.75 Å². The molecule has 0 aromatic heterocycles. The summed E-state index contributed by atoms with van der Waals surface area (Å²) < 4.78 is 5.73. The van der Waals surface area contributed by atoms with Crippen molar-refractivity contribution in [3.05, 3.63) is 75.8 Å². The number of ether oxygens (including phenoxy) is 1. The fourth-order valence-electron chi connectivity index (χ4n) is 2.51. The van der Waals surface area contributed by atoms with Crippen molar-refractivity contribution in [2.75, 3.05) is 0 Å². The standard InChI is InChI=1S/C15H12ClNO4/c16-15(17(19)20)13(18)11-8-4-5-9-12(11)21-14(15)10-6-2-1-3-7-10/h1-9,13-14,18H/t13-,14-,15+/m0/s1. The maximum atomic E-state index is 11.5. The van der Waals surface area contributed by atoms with Gasteiger partial charge in [-0.15, -0.1) is 0 Å². The maximum Gasteiger partial charge on any atom is 0.364 e. The molecule has 1 heterocycles. The van der Waals surface area contributed by atoms with Crippen molar-refractivity contribution in [1.29, 1.82) is 0 Å². The Hall–Kier alpha value is -2.11. The number of nitro groups is 1. The quantitative estimate of drug-likeness (QED) is 0.400. The van der Waals surface area contributed by atoms with Crippen LogP contribution in [-0.2, 0) is 0 Å². The normalized spacial score (nSPS) is 27.5. The fourth-order valence-corrected chi connectivity index (χ4v) is 2.80. The minimum atomic E-state index is -2.17. The van der Waals surface area contributed by atoms with Gasteiger partial charge in [0.05, 0.1) is 4.92 Å². The number of fused-ring (bicyclic) bond motifs is 1. The molecule has 3 rings (SSSR count). The summed E-state index contributed by atoms with van der Waals surface area (Å²) in [7, 11) is 0. The molecule has 0 spiro atoms. The lowest BCUT2D eigenvalue weighted by molar-refractivity contribution is -0.570. The Kier molecular flexibility index (Phi) is 3.31. The summed E-state index contributed by atoms with van der Waals surface area (Å²) in [5.74, 6) is 0.400. The Morgan fingerprint density at radius 2 is 1.76 bits per heavy atom. The molecule has 0 amide bonds. The van der Waals surface area contributed by atoms with E-state index in [0.717, 1.165) is 0 Å². The Bertz CT molecular complexity index is 678. The van der Waals surface area contributed by atoms with E-state index in [1.54, 1.807) is 54.6 Å². The van der Waals surface area contributed by atoms with Crippen molar-refractivity contribution in [2.24, 2.45) is 0 Å². The zero-order chi connectivity index (χ0) is 15.0. The topological polar surface area (TPSA) is 72.6 Å². The Labute approximate surface area is 125 Å². The molecular formula is C15H12ClNO4. The lowest BCUT2D eigenvalue weighted by Gasteiger charge is -2.37. The van der Waals surface area contributed by atoms with E-state index in [1.165, 1.54) is 0 Å². The van der Waals surface area contributed by atoms with E-state index in [9.17, 15) is 15.2 Å². The molecule has 3 atom stereocenters. The molecule has 5 nitrogen and oxygen atoms in total. The van der Waals surface area contributed by atoms with Crippen LogP contribution in [0.4, 0.5) is 0 Å². The molecule has 1 aliphatic rings. The zero-order valence-electron chi connectivity index (χ0n) is 10.8. The molecule has 0 bridgehead atoms. The van der Waals surface area contributed by atoms with Crippen LogP contribution < -0.4 is 4.74 Å². The largest absolute Gasteiger partial charge is 0.476 e. The zero-order valence-corrected chi connectivity index (χ0v) is 11.6. The number of nitrogens with zero attached hydrogens (tertiary/aromatic N) is 1. The summed E-state index contributed by atoms with van der Waals surface area (Å²) in [5, 5.41) is 21.9. The molecule has 0 radical (unpaired) electrons. The monoisotopic (exact) mass is 305 g/mol. The van der Waals surface area contributed by atoms with E-state index in [1.807, 2.05) is 0 Å². The van der Waals surface area contributed by atoms with Crippen LogP contribution in [0.2, 0.25) is 0 Å². The first-order valence-electron chi connectivity index (χ1n) is 6.37. The van der Waals surface area contributed by atoms with Crippen molar-refractivity contribution < 1.29 is 14.8 Å². The van der Waals surface area contributed by atoms with E-state index in [-0.39, 0.29) is 0 Å². The predicted molar refractivity (Wildman–Crippen MR) is 76.8 cm³/mol. The molecule has 21 heavy (non-hydrogen) atoms. The van der Waals surface area contributed by atoms with Gasteiger partial charge in [0.15, 0.2) is 6.10 Å². The number of alkyl halides is 1. The second-order valence-corrected chi connectivity index (χ2v) is 5.44. The molecule has 1 N–H and O–H groups in total.